The van der Waals surface area contributed by atoms with Crippen molar-refractivity contribution in [3.05, 3.63) is 35.1 Å². The van der Waals surface area contributed by atoms with Gasteiger partial charge in [-0.3, -0.25) is 0 Å². The average molecular weight is 300 g/mol. The Bertz CT molecular complexity index is 588. The molecule has 2 N–H and O–H groups in total. The maximum Gasteiger partial charge on any atom is 0.233 e. The van der Waals surface area contributed by atoms with Gasteiger partial charge in [-0.1, -0.05) is 6.92 Å². The van der Waals surface area contributed by atoms with E-state index in [1.807, 2.05) is 6.92 Å². The van der Waals surface area contributed by atoms with Gasteiger partial charge in [0.15, 0.2) is 0 Å². The molecular formula is C12H12ClF2N5. The number of halogens is 3. The summed E-state index contributed by atoms with van der Waals surface area (Å²) in [5.74, 6) is -0.992. The van der Waals surface area contributed by atoms with Gasteiger partial charge in [-0.2, -0.15) is 15.0 Å². The molecule has 0 aliphatic heterocycles. The number of rotatable bonds is 5. The molecule has 2 aromatic rings. The van der Waals surface area contributed by atoms with Gasteiger partial charge in [-0.25, -0.2) is 8.78 Å². The van der Waals surface area contributed by atoms with E-state index in [1.165, 1.54) is 0 Å². The fraction of sp³-hybridized carbons (Fsp3) is 0.250. The predicted octanol–water partition coefficient (Wildman–Crippen LogP) is 3.37. The van der Waals surface area contributed by atoms with Crippen molar-refractivity contribution in [2.24, 2.45) is 0 Å². The van der Waals surface area contributed by atoms with Crippen LogP contribution >= 0.6 is 11.6 Å². The Balaban J connectivity index is 2.21. The van der Waals surface area contributed by atoms with E-state index >= 15 is 0 Å². The van der Waals surface area contributed by atoms with Crippen LogP contribution in [0.2, 0.25) is 5.28 Å². The van der Waals surface area contributed by atoms with Crippen LogP contribution in [0.4, 0.5) is 26.4 Å². The van der Waals surface area contributed by atoms with Crippen molar-refractivity contribution in [2.75, 3.05) is 17.2 Å². The van der Waals surface area contributed by atoms with Crippen molar-refractivity contribution in [1.29, 1.82) is 0 Å². The standard InChI is InChI=1S/C12H12ClF2N5/c1-2-3-16-11-18-10(13)19-12(20-11)17-9-5-7(14)4-8(15)6-9/h4-6H,2-3H2,1H3,(H2,16,17,18,19,20). The molecule has 106 valence electrons. The monoisotopic (exact) mass is 299 g/mol. The van der Waals surface area contributed by atoms with Gasteiger partial charge in [0, 0.05) is 18.3 Å². The third-order valence-electron chi connectivity index (χ3n) is 2.26. The Labute approximate surface area is 119 Å². The molecule has 20 heavy (non-hydrogen) atoms. The van der Waals surface area contributed by atoms with Crippen LogP contribution in [0.1, 0.15) is 13.3 Å². The summed E-state index contributed by atoms with van der Waals surface area (Å²) < 4.78 is 26.2. The first-order valence-electron chi connectivity index (χ1n) is 5.95. The highest BCUT2D eigenvalue weighted by Crippen LogP contribution is 2.18. The van der Waals surface area contributed by atoms with E-state index in [4.69, 9.17) is 11.6 Å². The Morgan fingerprint density at radius 2 is 1.70 bits per heavy atom. The van der Waals surface area contributed by atoms with Crippen molar-refractivity contribution in [1.82, 2.24) is 15.0 Å². The quantitative estimate of drug-likeness (QED) is 0.886. The normalized spacial score (nSPS) is 10.4. The smallest absolute Gasteiger partial charge is 0.233 e. The number of nitrogens with one attached hydrogen (secondary N) is 2. The molecule has 1 aromatic heterocycles. The summed E-state index contributed by atoms with van der Waals surface area (Å²) in [7, 11) is 0. The Hall–Kier alpha value is -2.02. The molecule has 2 rings (SSSR count). The van der Waals surface area contributed by atoms with E-state index in [1.54, 1.807) is 0 Å². The number of hydrogen-bond donors (Lipinski definition) is 2. The van der Waals surface area contributed by atoms with Crippen LogP contribution in [0.5, 0.6) is 0 Å². The lowest BCUT2D eigenvalue weighted by molar-refractivity contribution is 0.584. The SMILES string of the molecule is CCCNc1nc(Cl)nc(Nc2cc(F)cc(F)c2)n1. The Morgan fingerprint density at radius 1 is 1.05 bits per heavy atom. The zero-order valence-electron chi connectivity index (χ0n) is 10.6. The summed E-state index contributed by atoms with van der Waals surface area (Å²) in [6, 6.07) is 3.03. The molecule has 1 heterocycles. The van der Waals surface area contributed by atoms with Crippen LogP contribution in [0.25, 0.3) is 0 Å². The Kier molecular flexibility index (Phi) is 4.62. The maximum atomic E-state index is 13.1. The van der Waals surface area contributed by atoms with Gasteiger partial charge < -0.3 is 10.6 Å². The maximum absolute atomic E-state index is 13.1. The van der Waals surface area contributed by atoms with Crippen molar-refractivity contribution in [2.45, 2.75) is 13.3 Å². The number of aromatic nitrogens is 3. The molecule has 0 unspecified atom stereocenters. The fourth-order valence-electron chi connectivity index (χ4n) is 1.48. The molecule has 0 spiro atoms. The summed E-state index contributed by atoms with van der Waals surface area (Å²) >= 11 is 5.77. The third kappa shape index (κ3) is 3.99. The molecule has 8 heteroatoms. The summed E-state index contributed by atoms with van der Waals surface area (Å²) in [6.45, 7) is 2.67. The van der Waals surface area contributed by atoms with E-state index in [0.717, 1.165) is 24.6 Å². The minimum absolute atomic E-state index is 0.0158. The molecule has 0 aliphatic rings. The van der Waals surface area contributed by atoms with Gasteiger partial charge in [0.2, 0.25) is 17.2 Å². The van der Waals surface area contributed by atoms with Crippen molar-refractivity contribution in [3.8, 4) is 0 Å². The van der Waals surface area contributed by atoms with Crippen LogP contribution < -0.4 is 10.6 Å². The fourth-order valence-corrected chi connectivity index (χ4v) is 1.64. The van der Waals surface area contributed by atoms with Crippen molar-refractivity contribution in [3.63, 3.8) is 0 Å². The summed E-state index contributed by atoms with van der Waals surface area (Å²) in [4.78, 5) is 11.8. The third-order valence-corrected chi connectivity index (χ3v) is 2.43. The van der Waals surface area contributed by atoms with E-state index in [2.05, 4.69) is 25.6 Å². The molecular weight excluding hydrogens is 288 g/mol. The van der Waals surface area contributed by atoms with Gasteiger partial charge in [-0.15, -0.1) is 0 Å². The first-order valence-corrected chi connectivity index (χ1v) is 6.33. The minimum Gasteiger partial charge on any atom is -0.354 e. The van der Waals surface area contributed by atoms with E-state index < -0.39 is 11.6 Å². The molecule has 0 saturated carbocycles. The van der Waals surface area contributed by atoms with E-state index in [9.17, 15) is 8.78 Å². The molecule has 0 amide bonds. The number of benzene rings is 1. The molecule has 0 radical (unpaired) electrons. The highest BCUT2D eigenvalue weighted by atomic mass is 35.5. The van der Waals surface area contributed by atoms with Crippen molar-refractivity contribution >= 4 is 29.2 Å². The lowest BCUT2D eigenvalue weighted by atomic mass is 10.3. The lowest BCUT2D eigenvalue weighted by Crippen LogP contribution is -2.08. The van der Waals surface area contributed by atoms with E-state index in [0.29, 0.717) is 12.5 Å². The van der Waals surface area contributed by atoms with Crippen LogP contribution in [0.3, 0.4) is 0 Å². The van der Waals surface area contributed by atoms with Crippen LogP contribution in [0.15, 0.2) is 18.2 Å². The van der Waals surface area contributed by atoms with Gasteiger partial charge >= 0.3 is 0 Å². The largest absolute Gasteiger partial charge is 0.354 e. The van der Waals surface area contributed by atoms with Crippen molar-refractivity contribution < 1.29 is 8.78 Å². The molecule has 0 atom stereocenters. The highest BCUT2D eigenvalue weighted by molar-refractivity contribution is 6.28. The topological polar surface area (TPSA) is 62.7 Å². The zero-order chi connectivity index (χ0) is 14.5. The minimum atomic E-state index is -0.697. The van der Waals surface area contributed by atoms with Crippen LogP contribution in [0, 0.1) is 11.6 Å². The highest BCUT2D eigenvalue weighted by Gasteiger charge is 2.07. The molecule has 0 bridgehead atoms. The average Bonchev–Trinajstić information content (AvgIpc) is 2.34. The predicted molar refractivity (Wildman–Crippen MR) is 73.3 cm³/mol. The molecule has 1 aromatic carbocycles. The number of anilines is 3. The second kappa shape index (κ2) is 6.42. The van der Waals surface area contributed by atoms with Gasteiger partial charge in [0.1, 0.15) is 11.6 Å². The van der Waals surface area contributed by atoms with Gasteiger partial charge in [0.25, 0.3) is 0 Å². The van der Waals surface area contributed by atoms with E-state index in [-0.39, 0.29) is 16.9 Å². The van der Waals surface area contributed by atoms with Crippen LogP contribution in [-0.2, 0) is 0 Å². The number of nitrogens with zero attached hydrogens (tertiary/aromatic N) is 3. The molecule has 0 saturated heterocycles. The second-order valence-corrected chi connectivity index (χ2v) is 4.30. The van der Waals surface area contributed by atoms with Gasteiger partial charge in [-0.05, 0) is 30.2 Å². The Morgan fingerprint density at radius 3 is 2.35 bits per heavy atom. The second-order valence-electron chi connectivity index (χ2n) is 3.96. The molecule has 0 aliphatic carbocycles. The summed E-state index contributed by atoms with van der Waals surface area (Å²) in [5, 5.41) is 5.61. The van der Waals surface area contributed by atoms with Gasteiger partial charge in [0.05, 0.1) is 0 Å². The zero-order valence-corrected chi connectivity index (χ0v) is 11.4. The first-order chi connectivity index (χ1) is 9.56. The molecule has 0 fully saturated rings. The van der Waals surface area contributed by atoms with Crippen LogP contribution in [-0.4, -0.2) is 21.5 Å². The lowest BCUT2D eigenvalue weighted by Gasteiger charge is -2.08. The molecule has 5 nitrogen and oxygen atoms in total. The number of hydrogen-bond acceptors (Lipinski definition) is 5. The summed E-state index contributed by atoms with van der Waals surface area (Å²) in [6.07, 6.45) is 0.890. The first kappa shape index (κ1) is 14.4. The summed E-state index contributed by atoms with van der Waals surface area (Å²) in [5.41, 5.74) is 0.186.